The molecule has 1 aromatic carbocycles. The highest BCUT2D eigenvalue weighted by Crippen LogP contribution is 2.29. The number of rotatable bonds is 7. The molecule has 120 valence electrons. The third-order valence-electron chi connectivity index (χ3n) is 4.04. The number of carbonyl (C=O) groups is 1. The molecule has 0 saturated carbocycles. The number of fused-ring (bicyclic) bond motifs is 1. The molecule has 0 unspecified atom stereocenters. The Morgan fingerprint density at radius 3 is 2.82 bits per heavy atom. The second kappa shape index (κ2) is 7.45. The fraction of sp³-hybridized carbons (Fsp3) is 0.500. The lowest BCUT2D eigenvalue weighted by atomic mass is 10.1. The van der Waals surface area contributed by atoms with E-state index in [1.807, 2.05) is 31.3 Å². The van der Waals surface area contributed by atoms with Crippen molar-refractivity contribution in [2.75, 3.05) is 13.6 Å². The van der Waals surface area contributed by atoms with Gasteiger partial charge in [-0.2, -0.15) is 0 Å². The minimum atomic E-state index is -0.165. The molecule has 0 amide bonds. The zero-order valence-corrected chi connectivity index (χ0v) is 14.0. The average molecular weight is 302 g/mol. The van der Waals surface area contributed by atoms with E-state index in [0.717, 1.165) is 30.3 Å². The topological polar surface area (TPSA) is 45.3 Å². The summed E-state index contributed by atoms with van der Waals surface area (Å²) in [6.07, 6.45) is 4.20. The summed E-state index contributed by atoms with van der Waals surface area (Å²) in [5, 5.41) is 1.03. The van der Waals surface area contributed by atoms with Gasteiger partial charge in [0.1, 0.15) is 5.75 Å². The number of ether oxygens (including phenoxy) is 1. The SMILES string of the molecule is CCCC(=O)Oc1cccc2[nH]cc(CCN(C)C(C)C)c12. The van der Waals surface area contributed by atoms with Crippen LogP contribution in [0.5, 0.6) is 5.75 Å². The molecule has 0 aliphatic heterocycles. The molecule has 0 radical (unpaired) electrons. The minimum Gasteiger partial charge on any atom is -0.426 e. The van der Waals surface area contributed by atoms with Gasteiger partial charge in [-0.3, -0.25) is 4.79 Å². The zero-order chi connectivity index (χ0) is 16.1. The van der Waals surface area contributed by atoms with E-state index in [4.69, 9.17) is 4.74 Å². The van der Waals surface area contributed by atoms with Gasteiger partial charge in [0.15, 0.2) is 0 Å². The Morgan fingerprint density at radius 2 is 2.14 bits per heavy atom. The van der Waals surface area contributed by atoms with Crippen LogP contribution < -0.4 is 4.74 Å². The Balaban J connectivity index is 2.22. The first-order chi connectivity index (χ1) is 10.5. The molecule has 0 bridgehead atoms. The normalized spacial score (nSPS) is 11.5. The number of hydrogen-bond acceptors (Lipinski definition) is 3. The van der Waals surface area contributed by atoms with Crippen molar-refractivity contribution in [3.05, 3.63) is 30.0 Å². The molecule has 4 heteroatoms. The van der Waals surface area contributed by atoms with Crippen LogP contribution in [0.2, 0.25) is 0 Å². The third kappa shape index (κ3) is 3.89. The Hall–Kier alpha value is -1.81. The Morgan fingerprint density at radius 1 is 1.36 bits per heavy atom. The summed E-state index contributed by atoms with van der Waals surface area (Å²) in [7, 11) is 2.13. The number of nitrogens with zero attached hydrogens (tertiary/aromatic N) is 1. The van der Waals surface area contributed by atoms with Crippen LogP contribution in [-0.2, 0) is 11.2 Å². The molecule has 1 N–H and O–H groups in total. The third-order valence-corrected chi connectivity index (χ3v) is 4.04. The first-order valence-corrected chi connectivity index (χ1v) is 8.02. The maximum absolute atomic E-state index is 11.8. The number of likely N-dealkylation sites (N-methyl/N-ethyl adjacent to an activating group) is 1. The van der Waals surface area contributed by atoms with E-state index in [0.29, 0.717) is 18.2 Å². The maximum atomic E-state index is 11.8. The lowest BCUT2D eigenvalue weighted by Crippen LogP contribution is -2.28. The van der Waals surface area contributed by atoms with Gasteiger partial charge in [-0.1, -0.05) is 13.0 Å². The summed E-state index contributed by atoms with van der Waals surface area (Å²) in [4.78, 5) is 17.4. The van der Waals surface area contributed by atoms with Crippen LogP contribution in [0.1, 0.15) is 39.2 Å². The van der Waals surface area contributed by atoms with Crippen molar-refractivity contribution in [1.29, 1.82) is 0 Å². The summed E-state index contributed by atoms with van der Waals surface area (Å²) < 4.78 is 5.55. The van der Waals surface area contributed by atoms with Gasteiger partial charge in [0.2, 0.25) is 0 Å². The van der Waals surface area contributed by atoms with E-state index in [1.165, 1.54) is 5.56 Å². The van der Waals surface area contributed by atoms with E-state index in [2.05, 4.69) is 30.8 Å². The van der Waals surface area contributed by atoms with Crippen LogP contribution in [0.3, 0.4) is 0 Å². The number of H-pyrrole nitrogens is 1. The predicted octanol–water partition coefficient (Wildman–Crippen LogP) is 3.76. The van der Waals surface area contributed by atoms with Crippen molar-refractivity contribution in [2.45, 2.75) is 46.1 Å². The van der Waals surface area contributed by atoms with Gasteiger partial charge < -0.3 is 14.6 Å². The highest BCUT2D eigenvalue weighted by molar-refractivity contribution is 5.91. The molecule has 22 heavy (non-hydrogen) atoms. The smallest absolute Gasteiger partial charge is 0.311 e. The monoisotopic (exact) mass is 302 g/mol. The van der Waals surface area contributed by atoms with E-state index >= 15 is 0 Å². The van der Waals surface area contributed by atoms with Crippen molar-refractivity contribution in [1.82, 2.24) is 9.88 Å². The quantitative estimate of drug-likeness (QED) is 0.626. The molecule has 0 aliphatic carbocycles. The highest BCUT2D eigenvalue weighted by Gasteiger charge is 2.13. The largest absolute Gasteiger partial charge is 0.426 e. The molecular formula is C18H26N2O2. The lowest BCUT2D eigenvalue weighted by molar-refractivity contribution is -0.134. The lowest BCUT2D eigenvalue weighted by Gasteiger charge is -2.20. The highest BCUT2D eigenvalue weighted by atomic mass is 16.5. The first-order valence-electron chi connectivity index (χ1n) is 8.02. The number of esters is 1. The molecule has 0 aliphatic rings. The number of aromatic nitrogens is 1. The van der Waals surface area contributed by atoms with E-state index in [9.17, 15) is 4.79 Å². The molecule has 4 nitrogen and oxygen atoms in total. The number of benzene rings is 1. The molecule has 0 saturated heterocycles. The van der Waals surface area contributed by atoms with Crippen molar-refractivity contribution in [3.8, 4) is 5.75 Å². The second-order valence-corrected chi connectivity index (χ2v) is 6.04. The van der Waals surface area contributed by atoms with E-state index in [-0.39, 0.29) is 5.97 Å². The van der Waals surface area contributed by atoms with E-state index in [1.54, 1.807) is 0 Å². The van der Waals surface area contributed by atoms with Gasteiger partial charge in [0, 0.05) is 36.1 Å². The second-order valence-electron chi connectivity index (χ2n) is 6.04. The number of hydrogen-bond donors (Lipinski definition) is 1. The molecule has 2 aromatic rings. The Kier molecular flexibility index (Phi) is 5.61. The maximum Gasteiger partial charge on any atom is 0.311 e. The average Bonchev–Trinajstić information content (AvgIpc) is 2.89. The first kappa shape index (κ1) is 16.6. The van der Waals surface area contributed by atoms with Crippen LogP contribution in [0.25, 0.3) is 10.9 Å². The van der Waals surface area contributed by atoms with Crippen molar-refractivity contribution < 1.29 is 9.53 Å². The van der Waals surface area contributed by atoms with Crippen molar-refractivity contribution in [3.63, 3.8) is 0 Å². The van der Waals surface area contributed by atoms with Crippen LogP contribution in [0.4, 0.5) is 0 Å². The van der Waals surface area contributed by atoms with E-state index < -0.39 is 0 Å². The fourth-order valence-electron chi connectivity index (χ4n) is 2.43. The van der Waals surface area contributed by atoms with Gasteiger partial charge in [0.05, 0.1) is 0 Å². The van der Waals surface area contributed by atoms with Gasteiger partial charge in [0.25, 0.3) is 0 Å². The summed E-state index contributed by atoms with van der Waals surface area (Å²) >= 11 is 0. The Bertz CT molecular complexity index is 631. The van der Waals surface area contributed by atoms with Crippen LogP contribution in [-0.4, -0.2) is 35.5 Å². The van der Waals surface area contributed by atoms with Crippen molar-refractivity contribution >= 4 is 16.9 Å². The zero-order valence-electron chi connectivity index (χ0n) is 14.0. The predicted molar refractivity (Wildman–Crippen MR) is 90.3 cm³/mol. The molecule has 0 fully saturated rings. The van der Waals surface area contributed by atoms with Gasteiger partial charge in [-0.25, -0.2) is 0 Å². The Labute approximate surface area is 132 Å². The van der Waals surface area contributed by atoms with Gasteiger partial charge in [-0.15, -0.1) is 0 Å². The number of aromatic amines is 1. The minimum absolute atomic E-state index is 0.165. The standard InChI is InChI=1S/C18H26N2O2/c1-5-7-17(21)22-16-9-6-8-15-18(16)14(12-19-15)10-11-20(4)13(2)3/h6,8-9,12-13,19H,5,7,10-11H2,1-4H3. The fourth-order valence-corrected chi connectivity index (χ4v) is 2.43. The molecule has 0 spiro atoms. The number of nitrogens with one attached hydrogen (secondary N) is 1. The van der Waals surface area contributed by atoms with Crippen LogP contribution >= 0.6 is 0 Å². The summed E-state index contributed by atoms with van der Waals surface area (Å²) in [5.41, 5.74) is 2.21. The molecule has 1 aromatic heterocycles. The molecule has 0 atom stereocenters. The van der Waals surface area contributed by atoms with Gasteiger partial charge in [-0.05, 0) is 51.4 Å². The van der Waals surface area contributed by atoms with Gasteiger partial charge >= 0.3 is 5.97 Å². The molecular weight excluding hydrogens is 276 g/mol. The summed E-state index contributed by atoms with van der Waals surface area (Å²) in [6.45, 7) is 7.33. The summed E-state index contributed by atoms with van der Waals surface area (Å²) in [5.74, 6) is 0.501. The molecule has 1 heterocycles. The van der Waals surface area contributed by atoms with Crippen LogP contribution in [0, 0.1) is 0 Å². The number of carbonyl (C=O) groups excluding carboxylic acids is 1. The molecule has 2 rings (SSSR count). The van der Waals surface area contributed by atoms with Crippen molar-refractivity contribution in [2.24, 2.45) is 0 Å². The summed E-state index contributed by atoms with van der Waals surface area (Å²) in [6, 6.07) is 6.32. The van der Waals surface area contributed by atoms with Crippen LogP contribution in [0.15, 0.2) is 24.4 Å².